The van der Waals surface area contributed by atoms with Gasteiger partial charge in [-0.15, -0.1) is 0 Å². The maximum Gasteiger partial charge on any atom is 0.323 e. The Hall–Kier alpha value is -0.920. The van der Waals surface area contributed by atoms with Gasteiger partial charge in [-0.3, -0.25) is 4.79 Å². The van der Waals surface area contributed by atoms with E-state index >= 15 is 0 Å². The average molecular weight is 404 g/mol. The molecular formula is C16H22BrNO4S. The van der Waals surface area contributed by atoms with Crippen LogP contribution in [0.5, 0.6) is 0 Å². The first-order valence-corrected chi connectivity index (χ1v) is 10.1. The predicted octanol–water partition coefficient (Wildman–Crippen LogP) is 3.24. The van der Waals surface area contributed by atoms with Crippen molar-refractivity contribution in [2.24, 2.45) is 5.92 Å². The topological polar surface area (TPSA) is 72.5 Å². The molecule has 7 heteroatoms. The highest BCUT2D eigenvalue weighted by Crippen LogP contribution is 2.28. The minimum Gasteiger partial charge on any atom is -0.468 e. The van der Waals surface area contributed by atoms with Crippen molar-refractivity contribution < 1.29 is 17.9 Å². The van der Waals surface area contributed by atoms with Crippen molar-refractivity contribution in [1.82, 2.24) is 4.72 Å². The molecule has 1 aromatic rings. The molecule has 0 aromatic heterocycles. The van der Waals surface area contributed by atoms with E-state index in [1.165, 1.54) is 25.7 Å². The van der Waals surface area contributed by atoms with Gasteiger partial charge in [0.25, 0.3) is 0 Å². The van der Waals surface area contributed by atoms with Crippen molar-refractivity contribution in [3.8, 4) is 0 Å². The van der Waals surface area contributed by atoms with Crippen LogP contribution in [0.1, 0.15) is 38.5 Å². The quantitative estimate of drug-likeness (QED) is 0.739. The molecule has 0 heterocycles. The lowest BCUT2D eigenvalue weighted by Crippen LogP contribution is -2.42. The molecule has 1 aromatic carbocycles. The van der Waals surface area contributed by atoms with Crippen LogP contribution < -0.4 is 4.72 Å². The molecule has 5 nitrogen and oxygen atoms in total. The fourth-order valence-corrected chi connectivity index (χ4v) is 4.77. The third-order valence-corrected chi connectivity index (χ3v) is 6.15. The van der Waals surface area contributed by atoms with Crippen molar-refractivity contribution in [2.45, 2.75) is 49.5 Å². The fourth-order valence-electron chi connectivity index (χ4n) is 2.98. The van der Waals surface area contributed by atoms with E-state index in [9.17, 15) is 13.2 Å². The van der Waals surface area contributed by atoms with Gasteiger partial charge in [0.2, 0.25) is 10.0 Å². The minimum atomic E-state index is -3.77. The van der Waals surface area contributed by atoms with Crippen LogP contribution in [0.2, 0.25) is 0 Å². The number of hydrogen-bond donors (Lipinski definition) is 1. The standard InChI is InChI=1S/C16H22BrNO4S/c1-22-16(19)15(10-12-6-3-2-4-7-12)18-23(20,21)14-9-5-8-13(17)11-14/h5,8-9,11-12,15,18H,2-4,6-7,10H2,1H3. The van der Waals surface area contributed by atoms with Crippen molar-refractivity contribution >= 4 is 31.9 Å². The zero-order valence-electron chi connectivity index (χ0n) is 13.1. The Morgan fingerprint density at radius 1 is 1.35 bits per heavy atom. The second-order valence-corrected chi connectivity index (χ2v) is 8.52. The number of rotatable bonds is 6. The SMILES string of the molecule is COC(=O)C(CC1CCCCC1)NS(=O)(=O)c1cccc(Br)c1. The summed E-state index contributed by atoms with van der Waals surface area (Å²) >= 11 is 3.26. The highest BCUT2D eigenvalue weighted by molar-refractivity contribution is 9.10. The van der Waals surface area contributed by atoms with Crippen molar-refractivity contribution in [1.29, 1.82) is 0 Å². The summed E-state index contributed by atoms with van der Waals surface area (Å²) in [6.45, 7) is 0. The highest BCUT2D eigenvalue weighted by atomic mass is 79.9. The number of ether oxygens (including phenoxy) is 1. The number of sulfonamides is 1. The van der Waals surface area contributed by atoms with Gasteiger partial charge in [0.1, 0.15) is 6.04 Å². The molecule has 1 aliphatic carbocycles. The first-order valence-electron chi connectivity index (χ1n) is 7.78. The van der Waals surface area contributed by atoms with Crippen LogP contribution in [0.3, 0.4) is 0 Å². The molecule has 1 aliphatic rings. The van der Waals surface area contributed by atoms with E-state index in [4.69, 9.17) is 4.74 Å². The van der Waals surface area contributed by atoms with Crippen molar-refractivity contribution in [2.75, 3.05) is 7.11 Å². The van der Waals surface area contributed by atoms with Gasteiger partial charge in [-0.1, -0.05) is 54.1 Å². The molecule has 1 saturated carbocycles. The fraction of sp³-hybridized carbons (Fsp3) is 0.562. The van der Waals surface area contributed by atoms with Crippen LogP contribution in [0, 0.1) is 5.92 Å². The lowest BCUT2D eigenvalue weighted by atomic mass is 9.85. The number of esters is 1. The third kappa shape index (κ3) is 5.29. The van der Waals surface area contributed by atoms with Crippen LogP contribution in [0.25, 0.3) is 0 Å². The molecule has 128 valence electrons. The summed E-state index contributed by atoms with van der Waals surface area (Å²) in [5, 5.41) is 0. The van der Waals surface area contributed by atoms with Crippen molar-refractivity contribution in [3.05, 3.63) is 28.7 Å². The summed E-state index contributed by atoms with van der Waals surface area (Å²) in [6, 6.07) is 5.57. The van der Waals surface area contributed by atoms with Crippen LogP contribution in [0.15, 0.2) is 33.6 Å². The Balaban J connectivity index is 2.14. The molecule has 2 rings (SSSR count). The van der Waals surface area contributed by atoms with E-state index in [1.54, 1.807) is 12.1 Å². The molecule has 23 heavy (non-hydrogen) atoms. The number of carbonyl (C=O) groups excluding carboxylic acids is 1. The second-order valence-electron chi connectivity index (χ2n) is 5.89. The normalized spacial score (nSPS) is 17.7. The van der Waals surface area contributed by atoms with E-state index in [-0.39, 0.29) is 4.90 Å². The summed E-state index contributed by atoms with van der Waals surface area (Å²) in [5.74, 6) is -0.174. The number of halogens is 1. The van der Waals surface area contributed by atoms with E-state index in [2.05, 4.69) is 20.7 Å². The molecule has 1 fully saturated rings. The van der Waals surface area contributed by atoms with E-state index < -0.39 is 22.0 Å². The van der Waals surface area contributed by atoms with E-state index in [1.807, 2.05) is 0 Å². The maximum atomic E-state index is 12.5. The van der Waals surface area contributed by atoms with Crippen LogP contribution in [0.4, 0.5) is 0 Å². The van der Waals surface area contributed by atoms with Gasteiger partial charge in [-0.2, -0.15) is 4.72 Å². The molecular weight excluding hydrogens is 382 g/mol. The summed E-state index contributed by atoms with van der Waals surface area (Å²) < 4.78 is 33.0. The molecule has 1 N–H and O–H groups in total. The van der Waals surface area contributed by atoms with Gasteiger partial charge in [0.05, 0.1) is 12.0 Å². The maximum absolute atomic E-state index is 12.5. The summed E-state index contributed by atoms with van der Waals surface area (Å²) in [7, 11) is -2.49. The lowest BCUT2D eigenvalue weighted by Gasteiger charge is -2.25. The molecule has 0 radical (unpaired) electrons. The third-order valence-electron chi connectivity index (χ3n) is 4.18. The Kier molecular flexibility index (Phi) is 6.61. The summed E-state index contributed by atoms with van der Waals surface area (Å²) in [5.41, 5.74) is 0. The first kappa shape index (κ1) is 18.4. The molecule has 0 aliphatic heterocycles. The number of methoxy groups -OCH3 is 1. The smallest absolute Gasteiger partial charge is 0.323 e. The zero-order chi connectivity index (χ0) is 16.9. The van der Waals surface area contributed by atoms with Gasteiger partial charge in [0, 0.05) is 4.47 Å². The van der Waals surface area contributed by atoms with E-state index in [0.717, 1.165) is 25.7 Å². The number of benzene rings is 1. The van der Waals surface area contributed by atoms with Gasteiger partial charge < -0.3 is 4.74 Å². The van der Waals surface area contributed by atoms with Gasteiger partial charge in [-0.05, 0) is 30.5 Å². The van der Waals surface area contributed by atoms with Gasteiger partial charge >= 0.3 is 5.97 Å². The second kappa shape index (κ2) is 8.26. The summed E-state index contributed by atoms with van der Waals surface area (Å²) in [4.78, 5) is 12.1. The number of carbonyl (C=O) groups is 1. The number of nitrogens with one attached hydrogen (secondary N) is 1. The largest absolute Gasteiger partial charge is 0.468 e. The van der Waals surface area contributed by atoms with Crippen LogP contribution in [-0.4, -0.2) is 27.5 Å². The molecule has 0 saturated heterocycles. The van der Waals surface area contributed by atoms with E-state index in [0.29, 0.717) is 16.8 Å². The molecule has 0 spiro atoms. The molecule has 0 bridgehead atoms. The lowest BCUT2D eigenvalue weighted by molar-refractivity contribution is -0.143. The van der Waals surface area contributed by atoms with Crippen molar-refractivity contribution in [3.63, 3.8) is 0 Å². The predicted molar refractivity (Wildman–Crippen MR) is 91.5 cm³/mol. The Labute approximate surface area is 146 Å². The Bertz CT molecular complexity index is 641. The molecule has 1 unspecified atom stereocenters. The minimum absolute atomic E-state index is 0.129. The monoisotopic (exact) mass is 403 g/mol. The molecule has 1 atom stereocenters. The van der Waals surface area contributed by atoms with Crippen LogP contribution >= 0.6 is 15.9 Å². The summed E-state index contributed by atoms with van der Waals surface area (Å²) in [6.07, 6.45) is 6.04. The Morgan fingerprint density at radius 3 is 2.65 bits per heavy atom. The molecule has 0 amide bonds. The highest BCUT2D eigenvalue weighted by Gasteiger charge is 2.29. The van der Waals surface area contributed by atoms with Crippen LogP contribution in [-0.2, 0) is 19.6 Å². The Morgan fingerprint density at radius 2 is 2.04 bits per heavy atom. The van der Waals surface area contributed by atoms with Gasteiger partial charge in [-0.25, -0.2) is 8.42 Å². The first-order chi connectivity index (χ1) is 10.9. The van der Waals surface area contributed by atoms with Gasteiger partial charge in [0.15, 0.2) is 0 Å². The zero-order valence-corrected chi connectivity index (χ0v) is 15.5. The number of hydrogen-bond acceptors (Lipinski definition) is 4. The average Bonchev–Trinajstić information content (AvgIpc) is 2.54.